The highest BCUT2D eigenvalue weighted by molar-refractivity contribution is 5.64. The highest BCUT2D eigenvalue weighted by atomic mass is 15.2. The molecule has 4 heteroatoms. The van der Waals surface area contributed by atoms with Crippen molar-refractivity contribution in [3.05, 3.63) is 228 Å². The molecule has 68 heavy (non-hydrogen) atoms. The summed E-state index contributed by atoms with van der Waals surface area (Å²) in [4.78, 5) is 8.02. The van der Waals surface area contributed by atoms with Crippen molar-refractivity contribution in [1.82, 2.24) is 20.0 Å². The van der Waals surface area contributed by atoms with Crippen LogP contribution in [0.1, 0.15) is 98.1 Å². The lowest BCUT2D eigenvalue weighted by atomic mass is 10.0. The number of benzene rings is 7. The summed E-state index contributed by atoms with van der Waals surface area (Å²) >= 11 is 0. The molecule has 2 atom stereocenters. The van der Waals surface area contributed by atoms with Crippen molar-refractivity contribution in [2.24, 2.45) is 0 Å². The second-order valence-electron chi connectivity index (χ2n) is 19.4. The molecule has 0 saturated carbocycles. The molecule has 0 bridgehead atoms. The third kappa shape index (κ3) is 15.7. The SMILES string of the molecule is CCCCCc1ccc(CN(Cc2ccc(-c3ccccc3)cc2)C2CCCN(Cc3ccccc3)CC2)cc1.c1ccc(CN2CCCC(NCc3ccc(-c4ccccc4)cc3)CC2)cc1. The van der Waals surface area contributed by atoms with Gasteiger partial charge in [0.2, 0.25) is 0 Å². The summed E-state index contributed by atoms with van der Waals surface area (Å²) in [7, 11) is 0. The monoisotopic (exact) mass is 901 g/mol. The Morgan fingerprint density at radius 1 is 0.412 bits per heavy atom. The molecule has 2 unspecified atom stereocenters. The van der Waals surface area contributed by atoms with Gasteiger partial charge in [0.15, 0.2) is 0 Å². The Hall–Kier alpha value is -5.62. The molecule has 2 aliphatic rings. The van der Waals surface area contributed by atoms with Crippen molar-refractivity contribution < 1.29 is 0 Å². The van der Waals surface area contributed by atoms with Gasteiger partial charge in [-0.1, -0.05) is 214 Å². The minimum atomic E-state index is 0.596. The lowest BCUT2D eigenvalue weighted by Crippen LogP contribution is -2.35. The molecule has 2 aliphatic heterocycles. The molecule has 2 heterocycles. The van der Waals surface area contributed by atoms with Gasteiger partial charge >= 0.3 is 0 Å². The van der Waals surface area contributed by atoms with E-state index in [1.54, 1.807) is 0 Å². The first kappa shape index (κ1) is 48.8. The van der Waals surface area contributed by atoms with Gasteiger partial charge in [0.05, 0.1) is 0 Å². The molecule has 0 aromatic heterocycles. The zero-order chi connectivity index (χ0) is 46.4. The zero-order valence-corrected chi connectivity index (χ0v) is 40.9. The minimum Gasteiger partial charge on any atom is -0.310 e. The molecular weight excluding hydrogens is 825 g/mol. The summed E-state index contributed by atoms with van der Waals surface area (Å²) in [5.41, 5.74) is 13.7. The van der Waals surface area contributed by atoms with Crippen LogP contribution in [0.15, 0.2) is 194 Å². The maximum absolute atomic E-state index is 3.79. The van der Waals surface area contributed by atoms with Gasteiger partial charge in [-0.05, 0) is 133 Å². The highest BCUT2D eigenvalue weighted by Gasteiger charge is 2.24. The largest absolute Gasteiger partial charge is 0.310 e. The van der Waals surface area contributed by atoms with Gasteiger partial charge < -0.3 is 5.32 Å². The van der Waals surface area contributed by atoms with Gasteiger partial charge in [-0.3, -0.25) is 14.7 Å². The van der Waals surface area contributed by atoms with Crippen LogP contribution in [0.2, 0.25) is 0 Å². The molecule has 1 N–H and O–H groups in total. The Bertz CT molecular complexity index is 2420. The van der Waals surface area contributed by atoms with Crippen molar-refractivity contribution in [3.63, 3.8) is 0 Å². The van der Waals surface area contributed by atoms with Gasteiger partial charge in [0.1, 0.15) is 0 Å². The highest BCUT2D eigenvalue weighted by Crippen LogP contribution is 2.26. The molecule has 0 amide bonds. The Labute approximate surface area is 410 Å². The van der Waals surface area contributed by atoms with Gasteiger partial charge in [-0.2, -0.15) is 0 Å². The smallest absolute Gasteiger partial charge is 0.0240 e. The first-order chi connectivity index (χ1) is 33.6. The van der Waals surface area contributed by atoms with Crippen LogP contribution in [0.4, 0.5) is 0 Å². The average molecular weight is 901 g/mol. The molecule has 0 aliphatic carbocycles. The Kier molecular flexibility index (Phi) is 19.2. The summed E-state index contributed by atoms with van der Waals surface area (Å²) < 4.78 is 0. The average Bonchev–Trinajstić information content (AvgIpc) is 3.78. The van der Waals surface area contributed by atoms with E-state index in [1.807, 2.05) is 0 Å². The Balaban J connectivity index is 0.000000196. The molecule has 352 valence electrons. The van der Waals surface area contributed by atoms with E-state index in [0.29, 0.717) is 12.1 Å². The van der Waals surface area contributed by atoms with Crippen LogP contribution in [-0.4, -0.2) is 53.0 Å². The fourth-order valence-corrected chi connectivity index (χ4v) is 10.2. The molecule has 0 spiro atoms. The van der Waals surface area contributed by atoms with Gasteiger partial charge in [0.25, 0.3) is 0 Å². The lowest BCUT2D eigenvalue weighted by molar-refractivity contribution is 0.159. The number of rotatable bonds is 18. The normalized spacial score (nSPS) is 16.9. The molecule has 4 nitrogen and oxygen atoms in total. The number of unbranched alkanes of at least 4 members (excludes halogenated alkanes) is 2. The second-order valence-corrected chi connectivity index (χ2v) is 19.4. The van der Waals surface area contributed by atoms with Crippen LogP contribution in [0.25, 0.3) is 22.3 Å². The number of nitrogens with zero attached hydrogens (tertiary/aromatic N) is 3. The van der Waals surface area contributed by atoms with E-state index in [9.17, 15) is 0 Å². The third-order valence-electron chi connectivity index (χ3n) is 14.2. The van der Waals surface area contributed by atoms with E-state index in [2.05, 4.69) is 221 Å². The van der Waals surface area contributed by atoms with E-state index in [0.717, 1.165) is 32.7 Å². The summed E-state index contributed by atoms with van der Waals surface area (Å²) in [6.07, 6.45) is 12.6. The maximum Gasteiger partial charge on any atom is 0.0240 e. The van der Waals surface area contributed by atoms with Crippen LogP contribution in [0, 0.1) is 0 Å². The first-order valence-electron chi connectivity index (χ1n) is 26.0. The van der Waals surface area contributed by atoms with Crippen LogP contribution in [0.3, 0.4) is 0 Å². The second kappa shape index (κ2) is 26.8. The van der Waals surface area contributed by atoms with Crippen LogP contribution in [0.5, 0.6) is 0 Å². The number of likely N-dealkylation sites (tertiary alicyclic amines) is 2. The number of hydrogen-bond acceptors (Lipinski definition) is 4. The quantitative estimate of drug-likeness (QED) is 0.0866. The predicted molar refractivity (Wildman–Crippen MR) is 288 cm³/mol. The molecule has 9 rings (SSSR count). The molecule has 0 radical (unpaired) electrons. The number of hydrogen-bond donors (Lipinski definition) is 1. The molecular formula is C64H76N4. The zero-order valence-electron chi connectivity index (χ0n) is 40.9. The van der Waals surface area contributed by atoms with Crippen molar-refractivity contribution in [2.45, 2.75) is 116 Å². The summed E-state index contributed by atoms with van der Waals surface area (Å²) in [5, 5.41) is 3.79. The van der Waals surface area contributed by atoms with Crippen molar-refractivity contribution >= 4 is 0 Å². The number of aryl methyl sites for hydroxylation is 1. The van der Waals surface area contributed by atoms with Gasteiger partial charge in [-0.15, -0.1) is 0 Å². The van der Waals surface area contributed by atoms with Crippen LogP contribution in [-0.2, 0) is 39.1 Å². The van der Waals surface area contributed by atoms with E-state index >= 15 is 0 Å². The van der Waals surface area contributed by atoms with Crippen LogP contribution < -0.4 is 5.32 Å². The number of nitrogens with one attached hydrogen (secondary N) is 1. The summed E-state index contributed by atoms with van der Waals surface area (Å²) in [5.74, 6) is 0. The van der Waals surface area contributed by atoms with E-state index in [1.165, 1.54) is 146 Å². The van der Waals surface area contributed by atoms with Crippen molar-refractivity contribution in [3.8, 4) is 22.3 Å². The Morgan fingerprint density at radius 2 is 0.853 bits per heavy atom. The van der Waals surface area contributed by atoms with E-state index in [4.69, 9.17) is 0 Å². The summed E-state index contributed by atoms with van der Waals surface area (Å²) in [6.45, 7) is 12.1. The minimum absolute atomic E-state index is 0.596. The van der Waals surface area contributed by atoms with Crippen molar-refractivity contribution in [1.29, 1.82) is 0 Å². The van der Waals surface area contributed by atoms with Gasteiger partial charge in [-0.25, -0.2) is 0 Å². The molecule has 2 saturated heterocycles. The summed E-state index contributed by atoms with van der Waals surface area (Å²) in [6, 6.07) is 72.1. The maximum atomic E-state index is 3.79. The van der Waals surface area contributed by atoms with Gasteiger partial charge in [0, 0.05) is 44.8 Å². The fourth-order valence-electron chi connectivity index (χ4n) is 10.2. The third-order valence-corrected chi connectivity index (χ3v) is 14.2. The van der Waals surface area contributed by atoms with E-state index < -0.39 is 0 Å². The fraction of sp³-hybridized carbons (Fsp3) is 0.344. The lowest BCUT2D eigenvalue weighted by Gasteiger charge is -2.32. The van der Waals surface area contributed by atoms with Crippen molar-refractivity contribution in [2.75, 3.05) is 26.2 Å². The predicted octanol–water partition coefficient (Wildman–Crippen LogP) is 14.6. The Morgan fingerprint density at radius 3 is 1.38 bits per heavy atom. The first-order valence-corrected chi connectivity index (χ1v) is 26.0. The standard InChI is InChI=1S/C38H46N2.C26H30N2/c1-2-3-6-12-32-18-20-34(21-19-32)30-40(31-35-22-24-37(25-23-35)36-15-9-5-10-16-36)38-17-11-27-39(28-26-38)29-33-13-7-4-8-14-33;1-3-8-23(9-4-1)21-28-18-7-12-26(17-19-28)27-20-22-13-15-25(16-14-22)24-10-5-2-6-11-24/h4-5,7-10,13-16,18-25,38H,2-3,6,11-12,17,26-31H2,1H3;1-6,8-11,13-16,26-27H,7,12,17-21H2. The van der Waals surface area contributed by atoms with Crippen LogP contribution >= 0.6 is 0 Å². The molecule has 7 aromatic rings. The molecule has 2 fully saturated rings. The van der Waals surface area contributed by atoms with E-state index in [-0.39, 0.29) is 0 Å². The topological polar surface area (TPSA) is 21.8 Å². The molecule has 7 aromatic carbocycles.